The van der Waals surface area contributed by atoms with Crippen LogP contribution in [0.25, 0.3) is 0 Å². The van der Waals surface area contributed by atoms with Gasteiger partial charge in [0.1, 0.15) is 5.01 Å². The van der Waals surface area contributed by atoms with E-state index in [-0.39, 0.29) is 5.54 Å². The van der Waals surface area contributed by atoms with E-state index < -0.39 is 0 Å². The van der Waals surface area contributed by atoms with Crippen molar-refractivity contribution in [2.75, 3.05) is 13.1 Å². The second kappa shape index (κ2) is 4.79. The molecule has 0 bridgehead atoms. The van der Waals surface area contributed by atoms with E-state index in [2.05, 4.69) is 24.1 Å². The van der Waals surface area contributed by atoms with Crippen molar-refractivity contribution in [1.29, 1.82) is 0 Å². The topological polar surface area (TPSA) is 28.2 Å². The molecular formula is C16H25N3S. The van der Waals surface area contributed by atoms with Crippen molar-refractivity contribution in [3.05, 3.63) is 15.6 Å². The monoisotopic (exact) mass is 291 g/mol. The van der Waals surface area contributed by atoms with Crippen LogP contribution in [0.5, 0.6) is 0 Å². The minimum Gasteiger partial charge on any atom is -0.301 e. The Bertz CT molecular complexity index is 504. The summed E-state index contributed by atoms with van der Waals surface area (Å²) in [7, 11) is 0. The molecule has 1 aromatic rings. The first kappa shape index (κ1) is 13.2. The van der Waals surface area contributed by atoms with E-state index in [1.165, 1.54) is 60.8 Å². The summed E-state index contributed by atoms with van der Waals surface area (Å²) < 4.78 is 0. The van der Waals surface area contributed by atoms with Crippen LogP contribution in [-0.2, 0) is 12.0 Å². The standard InChI is InChI=1S/C16H25N3S/c1-3-14-11(2)20-15(17-14)16(18-12-4-5-12)8-9-19(10-16)13-6-7-13/h12-13,18H,3-10H2,1-2H3. The van der Waals surface area contributed by atoms with Gasteiger partial charge in [0.25, 0.3) is 0 Å². The van der Waals surface area contributed by atoms with Crippen LogP contribution in [0.4, 0.5) is 0 Å². The number of likely N-dealkylation sites (tertiary alicyclic amines) is 1. The molecule has 1 saturated heterocycles. The maximum atomic E-state index is 5.01. The highest BCUT2D eigenvalue weighted by atomic mass is 32.1. The molecule has 2 saturated carbocycles. The zero-order valence-electron chi connectivity index (χ0n) is 12.6. The van der Waals surface area contributed by atoms with E-state index in [9.17, 15) is 0 Å². The van der Waals surface area contributed by atoms with E-state index in [0.29, 0.717) is 0 Å². The predicted octanol–water partition coefficient (Wildman–Crippen LogP) is 2.83. The molecule has 4 rings (SSSR count). The lowest BCUT2D eigenvalue weighted by molar-refractivity contribution is 0.272. The van der Waals surface area contributed by atoms with Gasteiger partial charge in [0.05, 0.1) is 11.2 Å². The molecule has 3 aliphatic rings. The molecular weight excluding hydrogens is 266 g/mol. The van der Waals surface area contributed by atoms with Gasteiger partial charge in [0.15, 0.2) is 0 Å². The molecule has 2 aliphatic carbocycles. The van der Waals surface area contributed by atoms with E-state index in [1.54, 1.807) is 0 Å². The maximum absolute atomic E-state index is 5.01. The summed E-state index contributed by atoms with van der Waals surface area (Å²) in [6, 6.07) is 1.63. The molecule has 1 aliphatic heterocycles. The van der Waals surface area contributed by atoms with Crippen LogP contribution in [0.3, 0.4) is 0 Å². The molecule has 0 spiro atoms. The van der Waals surface area contributed by atoms with Gasteiger partial charge in [0, 0.05) is 30.1 Å². The normalized spacial score (nSPS) is 31.1. The third-order valence-corrected chi connectivity index (χ3v) is 6.27. The van der Waals surface area contributed by atoms with Crippen LogP contribution in [0.15, 0.2) is 0 Å². The quantitative estimate of drug-likeness (QED) is 0.904. The number of rotatable bonds is 5. The van der Waals surface area contributed by atoms with Gasteiger partial charge in [-0.3, -0.25) is 4.90 Å². The third-order valence-electron chi connectivity index (χ3n) is 5.06. The van der Waals surface area contributed by atoms with Crippen molar-refractivity contribution in [2.24, 2.45) is 0 Å². The van der Waals surface area contributed by atoms with Crippen LogP contribution >= 0.6 is 11.3 Å². The van der Waals surface area contributed by atoms with Crippen LogP contribution in [0, 0.1) is 6.92 Å². The molecule has 3 nitrogen and oxygen atoms in total. The van der Waals surface area contributed by atoms with Crippen LogP contribution in [0.1, 0.15) is 54.6 Å². The Morgan fingerprint density at radius 1 is 1.35 bits per heavy atom. The summed E-state index contributed by atoms with van der Waals surface area (Å²) in [5.41, 5.74) is 1.47. The number of nitrogens with one attached hydrogen (secondary N) is 1. The molecule has 0 amide bonds. The van der Waals surface area contributed by atoms with Crippen molar-refractivity contribution < 1.29 is 0 Å². The SMILES string of the molecule is CCc1nc(C2(NC3CC3)CCN(C3CC3)C2)sc1C. The van der Waals surface area contributed by atoms with Crippen LogP contribution < -0.4 is 5.32 Å². The van der Waals surface area contributed by atoms with Gasteiger partial charge in [-0.2, -0.15) is 0 Å². The molecule has 1 unspecified atom stereocenters. The smallest absolute Gasteiger partial charge is 0.115 e. The minimum atomic E-state index is 0.159. The Hall–Kier alpha value is -0.450. The predicted molar refractivity (Wildman–Crippen MR) is 83.3 cm³/mol. The van der Waals surface area contributed by atoms with Crippen molar-refractivity contribution in [3.8, 4) is 0 Å². The van der Waals surface area contributed by atoms with Gasteiger partial charge in [-0.05, 0) is 45.4 Å². The fourth-order valence-corrected chi connectivity index (χ4v) is 4.70. The second-order valence-electron chi connectivity index (χ2n) is 6.83. The molecule has 1 aromatic heterocycles. The Morgan fingerprint density at radius 3 is 2.75 bits per heavy atom. The number of thiazole rings is 1. The molecule has 1 N–H and O–H groups in total. The summed E-state index contributed by atoms with van der Waals surface area (Å²) in [4.78, 5) is 9.13. The second-order valence-corrected chi connectivity index (χ2v) is 8.03. The summed E-state index contributed by atoms with van der Waals surface area (Å²) in [6.07, 6.45) is 7.85. The lowest BCUT2D eigenvalue weighted by Crippen LogP contribution is -2.46. The first-order valence-corrected chi connectivity index (χ1v) is 9.00. The zero-order chi connectivity index (χ0) is 13.7. The van der Waals surface area contributed by atoms with Crippen LogP contribution in [-0.4, -0.2) is 35.1 Å². The summed E-state index contributed by atoms with van der Waals surface area (Å²) in [5, 5.41) is 5.33. The van der Waals surface area contributed by atoms with Gasteiger partial charge in [-0.25, -0.2) is 4.98 Å². The first-order chi connectivity index (χ1) is 9.70. The first-order valence-electron chi connectivity index (χ1n) is 8.19. The van der Waals surface area contributed by atoms with E-state index in [1.807, 2.05) is 11.3 Å². The Morgan fingerprint density at radius 2 is 2.15 bits per heavy atom. The highest BCUT2D eigenvalue weighted by Crippen LogP contribution is 2.42. The average molecular weight is 291 g/mol. The lowest BCUT2D eigenvalue weighted by Gasteiger charge is -2.29. The van der Waals surface area contributed by atoms with Crippen molar-refractivity contribution >= 4 is 11.3 Å². The number of aromatic nitrogens is 1. The minimum absolute atomic E-state index is 0.159. The molecule has 20 heavy (non-hydrogen) atoms. The average Bonchev–Trinajstić information content (AvgIpc) is 3.35. The largest absolute Gasteiger partial charge is 0.301 e. The molecule has 2 heterocycles. The van der Waals surface area contributed by atoms with Gasteiger partial charge < -0.3 is 5.32 Å². The maximum Gasteiger partial charge on any atom is 0.115 e. The van der Waals surface area contributed by atoms with Gasteiger partial charge in [0.2, 0.25) is 0 Å². The molecule has 1 atom stereocenters. The molecule has 4 heteroatoms. The molecule has 3 fully saturated rings. The fourth-order valence-electron chi connectivity index (χ4n) is 3.52. The molecule has 0 radical (unpaired) electrons. The van der Waals surface area contributed by atoms with Crippen molar-refractivity contribution in [2.45, 2.75) is 70.0 Å². The number of aryl methyl sites for hydroxylation is 2. The third kappa shape index (κ3) is 2.32. The summed E-state index contributed by atoms with van der Waals surface area (Å²) in [5.74, 6) is 0. The number of nitrogens with zero attached hydrogens (tertiary/aromatic N) is 2. The molecule has 110 valence electrons. The van der Waals surface area contributed by atoms with Crippen molar-refractivity contribution in [1.82, 2.24) is 15.2 Å². The Kier molecular flexibility index (Phi) is 3.17. The van der Waals surface area contributed by atoms with Crippen molar-refractivity contribution in [3.63, 3.8) is 0 Å². The highest BCUT2D eigenvalue weighted by molar-refractivity contribution is 7.11. The fraction of sp³-hybridized carbons (Fsp3) is 0.812. The van der Waals surface area contributed by atoms with Gasteiger partial charge in [-0.15, -0.1) is 11.3 Å². The van der Waals surface area contributed by atoms with Gasteiger partial charge in [-0.1, -0.05) is 6.92 Å². The Labute approximate surface area is 125 Å². The molecule has 0 aromatic carbocycles. The number of hydrogen-bond donors (Lipinski definition) is 1. The van der Waals surface area contributed by atoms with E-state index in [0.717, 1.165) is 18.5 Å². The highest BCUT2D eigenvalue weighted by Gasteiger charge is 2.48. The van der Waals surface area contributed by atoms with E-state index in [4.69, 9.17) is 4.98 Å². The lowest BCUT2D eigenvalue weighted by atomic mass is 9.99. The Balaban J connectivity index is 1.63. The summed E-state index contributed by atoms with van der Waals surface area (Å²) in [6.45, 7) is 6.89. The number of hydrogen-bond acceptors (Lipinski definition) is 4. The van der Waals surface area contributed by atoms with Gasteiger partial charge >= 0.3 is 0 Å². The van der Waals surface area contributed by atoms with E-state index >= 15 is 0 Å². The summed E-state index contributed by atoms with van der Waals surface area (Å²) >= 11 is 1.94. The zero-order valence-corrected chi connectivity index (χ0v) is 13.4. The van der Waals surface area contributed by atoms with Crippen LogP contribution in [0.2, 0.25) is 0 Å².